The molecule has 0 bridgehead atoms. The number of benzene rings is 1. The number of methoxy groups -OCH3 is 1. The first-order valence-electron chi connectivity index (χ1n) is 6.34. The Labute approximate surface area is 121 Å². The van der Waals surface area contributed by atoms with Crippen molar-refractivity contribution >= 4 is 11.7 Å². The van der Waals surface area contributed by atoms with Gasteiger partial charge in [0.05, 0.1) is 13.3 Å². The van der Waals surface area contributed by atoms with Gasteiger partial charge in [0.2, 0.25) is 0 Å². The number of aromatic amines is 1. The maximum Gasteiger partial charge on any atom is 0.258 e. The van der Waals surface area contributed by atoms with E-state index in [1.165, 1.54) is 24.3 Å². The van der Waals surface area contributed by atoms with E-state index in [9.17, 15) is 9.18 Å². The second-order valence-corrected chi connectivity index (χ2v) is 4.67. The molecular weight excluding hydrogens is 275 g/mol. The molecule has 0 saturated heterocycles. The van der Waals surface area contributed by atoms with Crippen LogP contribution < -0.4 is 10.1 Å². The number of nitrogens with one attached hydrogen (secondary N) is 2. The molecule has 0 aliphatic rings. The van der Waals surface area contributed by atoms with Gasteiger partial charge >= 0.3 is 0 Å². The van der Waals surface area contributed by atoms with Crippen molar-refractivity contribution in [3.8, 4) is 5.75 Å². The third kappa shape index (κ3) is 3.31. The number of anilines is 1. The van der Waals surface area contributed by atoms with Gasteiger partial charge in [-0.1, -0.05) is 6.07 Å². The SMILES string of the molecule is COc1ccc(CNc2[nH]ncc2C(=O)N(C)C)c(F)c1. The zero-order valence-corrected chi connectivity index (χ0v) is 12.1. The summed E-state index contributed by atoms with van der Waals surface area (Å²) in [5.41, 5.74) is 0.877. The Balaban J connectivity index is 2.11. The minimum Gasteiger partial charge on any atom is -0.497 e. The van der Waals surface area contributed by atoms with Crippen molar-refractivity contribution in [2.24, 2.45) is 0 Å². The fraction of sp³-hybridized carbons (Fsp3) is 0.286. The summed E-state index contributed by atoms with van der Waals surface area (Å²) < 4.78 is 18.8. The lowest BCUT2D eigenvalue weighted by atomic mass is 10.2. The smallest absolute Gasteiger partial charge is 0.258 e. The zero-order valence-electron chi connectivity index (χ0n) is 12.1. The molecule has 21 heavy (non-hydrogen) atoms. The van der Waals surface area contributed by atoms with Crippen molar-refractivity contribution in [2.45, 2.75) is 6.54 Å². The van der Waals surface area contributed by atoms with E-state index in [-0.39, 0.29) is 18.3 Å². The van der Waals surface area contributed by atoms with E-state index in [2.05, 4.69) is 15.5 Å². The lowest BCUT2D eigenvalue weighted by Gasteiger charge is -2.11. The minimum absolute atomic E-state index is 0.179. The van der Waals surface area contributed by atoms with E-state index >= 15 is 0 Å². The number of hydrogen-bond donors (Lipinski definition) is 2. The van der Waals surface area contributed by atoms with Crippen LogP contribution in [-0.2, 0) is 6.54 Å². The monoisotopic (exact) mass is 292 g/mol. The molecular formula is C14H17FN4O2. The Morgan fingerprint density at radius 3 is 2.86 bits per heavy atom. The number of carbonyl (C=O) groups excluding carboxylic acids is 1. The van der Waals surface area contributed by atoms with Crippen LogP contribution >= 0.6 is 0 Å². The summed E-state index contributed by atoms with van der Waals surface area (Å²) in [5.74, 6) is 0.369. The molecule has 1 aromatic carbocycles. The van der Waals surface area contributed by atoms with Gasteiger partial charge in [0, 0.05) is 32.3 Å². The number of amides is 1. The van der Waals surface area contributed by atoms with Gasteiger partial charge in [0.25, 0.3) is 5.91 Å². The van der Waals surface area contributed by atoms with E-state index in [4.69, 9.17) is 4.74 Å². The average molecular weight is 292 g/mol. The molecule has 0 fully saturated rings. The van der Waals surface area contributed by atoms with Crippen LogP contribution in [0, 0.1) is 5.82 Å². The van der Waals surface area contributed by atoms with Crippen molar-refractivity contribution in [1.29, 1.82) is 0 Å². The molecule has 2 N–H and O–H groups in total. The lowest BCUT2D eigenvalue weighted by Crippen LogP contribution is -2.22. The number of carbonyl (C=O) groups is 1. The number of rotatable bonds is 5. The Morgan fingerprint density at radius 1 is 1.48 bits per heavy atom. The highest BCUT2D eigenvalue weighted by atomic mass is 19.1. The van der Waals surface area contributed by atoms with Gasteiger partial charge in [-0.2, -0.15) is 5.10 Å². The van der Waals surface area contributed by atoms with Crippen molar-refractivity contribution in [2.75, 3.05) is 26.5 Å². The molecule has 2 rings (SSSR count). The predicted octanol–water partition coefficient (Wildman–Crippen LogP) is 1.87. The van der Waals surface area contributed by atoms with E-state index in [0.29, 0.717) is 22.7 Å². The molecule has 1 aromatic heterocycles. The Morgan fingerprint density at radius 2 is 2.24 bits per heavy atom. The largest absolute Gasteiger partial charge is 0.497 e. The topological polar surface area (TPSA) is 70.2 Å². The Bertz CT molecular complexity index is 640. The van der Waals surface area contributed by atoms with Gasteiger partial charge < -0.3 is 15.0 Å². The molecule has 0 aliphatic carbocycles. The molecule has 1 amide bonds. The van der Waals surface area contributed by atoms with Crippen LogP contribution in [0.25, 0.3) is 0 Å². The maximum absolute atomic E-state index is 13.8. The first kappa shape index (κ1) is 14.8. The van der Waals surface area contributed by atoms with Gasteiger partial charge in [0.15, 0.2) is 0 Å². The summed E-state index contributed by atoms with van der Waals surface area (Å²) in [4.78, 5) is 13.4. The van der Waals surface area contributed by atoms with Gasteiger partial charge in [-0.25, -0.2) is 4.39 Å². The summed E-state index contributed by atoms with van der Waals surface area (Å²) in [6, 6.07) is 4.62. The van der Waals surface area contributed by atoms with E-state index in [1.807, 2.05) is 0 Å². The molecule has 0 saturated carbocycles. The van der Waals surface area contributed by atoms with Crippen LogP contribution in [0.5, 0.6) is 5.75 Å². The van der Waals surface area contributed by atoms with E-state index in [0.717, 1.165) is 0 Å². The number of nitrogens with zero attached hydrogens (tertiary/aromatic N) is 2. The van der Waals surface area contributed by atoms with Crippen molar-refractivity contribution in [3.05, 3.63) is 41.3 Å². The second-order valence-electron chi connectivity index (χ2n) is 4.67. The quantitative estimate of drug-likeness (QED) is 0.882. The maximum atomic E-state index is 13.8. The lowest BCUT2D eigenvalue weighted by molar-refractivity contribution is 0.0828. The first-order chi connectivity index (χ1) is 10.0. The molecule has 0 aliphatic heterocycles. The molecule has 0 atom stereocenters. The number of H-pyrrole nitrogens is 1. The highest BCUT2D eigenvalue weighted by Crippen LogP contribution is 2.18. The first-order valence-corrected chi connectivity index (χ1v) is 6.34. The molecule has 112 valence electrons. The summed E-state index contributed by atoms with van der Waals surface area (Å²) in [6.45, 7) is 0.228. The normalized spacial score (nSPS) is 10.3. The molecule has 7 heteroatoms. The van der Waals surface area contributed by atoms with E-state index in [1.54, 1.807) is 26.2 Å². The number of halogens is 1. The molecule has 0 spiro atoms. The second kappa shape index (κ2) is 6.25. The van der Waals surface area contributed by atoms with Gasteiger partial charge in [-0.3, -0.25) is 9.89 Å². The van der Waals surface area contributed by atoms with Crippen LogP contribution in [0.4, 0.5) is 10.2 Å². The van der Waals surface area contributed by atoms with Gasteiger partial charge in [0.1, 0.15) is 22.9 Å². The average Bonchev–Trinajstić information content (AvgIpc) is 2.93. The zero-order chi connectivity index (χ0) is 15.4. The van der Waals surface area contributed by atoms with Crippen LogP contribution in [-0.4, -0.2) is 42.2 Å². The number of hydrogen-bond acceptors (Lipinski definition) is 4. The summed E-state index contributed by atoms with van der Waals surface area (Å²) in [5, 5.41) is 9.51. The fourth-order valence-corrected chi connectivity index (χ4v) is 1.81. The van der Waals surface area contributed by atoms with Crippen LogP contribution in [0.3, 0.4) is 0 Å². The van der Waals surface area contributed by atoms with Crippen LogP contribution in [0.1, 0.15) is 15.9 Å². The standard InChI is InChI=1S/C14H17FN4O2/c1-19(2)14(20)11-8-17-18-13(11)16-7-9-4-5-10(21-3)6-12(9)15/h4-6,8H,7H2,1-3H3,(H2,16,17,18). The predicted molar refractivity (Wildman–Crippen MR) is 76.9 cm³/mol. The summed E-state index contributed by atoms with van der Waals surface area (Å²) in [6.07, 6.45) is 1.44. The Kier molecular flexibility index (Phi) is 4.42. The molecule has 0 unspecified atom stereocenters. The molecule has 6 nitrogen and oxygen atoms in total. The molecule has 2 aromatic rings. The fourth-order valence-electron chi connectivity index (χ4n) is 1.81. The minimum atomic E-state index is -0.373. The van der Waals surface area contributed by atoms with Crippen molar-refractivity contribution < 1.29 is 13.9 Å². The van der Waals surface area contributed by atoms with Crippen molar-refractivity contribution in [1.82, 2.24) is 15.1 Å². The highest BCUT2D eigenvalue weighted by molar-refractivity contribution is 5.98. The van der Waals surface area contributed by atoms with Crippen molar-refractivity contribution in [3.63, 3.8) is 0 Å². The van der Waals surface area contributed by atoms with Crippen LogP contribution in [0.2, 0.25) is 0 Å². The van der Waals surface area contributed by atoms with E-state index < -0.39 is 0 Å². The number of ether oxygens (including phenoxy) is 1. The molecule has 0 radical (unpaired) electrons. The summed E-state index contributed by atoms with van der Waals surface area (Å²) in [7, 11) is 4.79. The van der Waals surface area contributed by atoms with Gasteiger partial charge in [-0.15, -0.1) is 0 Å². The highest BCUT2D eigenvalue weighted by Gasteiger charge is 2.15. The third-order valence-corrected chi connectivity index (χ3v) is 2.99. The Hall–Kier alpha value is -2.57. The third-order valence-electron chi connectivity index (χ3n) is 2.99. The molecule has 1 heterocycles. The van der Waals surface area contributed by atoms with Gasteiger partial charge in [-0.05, 0) is 6.07 Å². The van der Waals surface area contributed by atoms with Crippen LogP contribution in [0.15, 0.2) is 24.4 Å². The number of aromatic nitrogens is 2. The summed E-state index contributed by atoms with van der Waals surface area (Å²) >= 11 is 0.